The van der Waals surface area contributed by atoms with Gasteiger partial charge in [-0.05, 0) is 6.92 Å². The number of H-pyrrole nitrogens is 1. The van der Waals surface area contributed by atoms with Crippen LogP contribution in [0, 0.1) is 0 Å². The number of carbonyl (C=O) groups is 1. The Hall–Kier alpha value is -1.40. The third kappa shape index (κ3) is 3.04. The van der Waals surface area contributed by atoms with Crippen LogP contribution in [0.4, 0.5) is 0 Å². The molecule has 1 aromatic heterocycles. The van der Waals surface area contributed by atoms with E-state index < -0.39 is 6.10 Å². The van der Waals surface area contributed by atoms with E-state index in [9.17, 15) is 9.90 Å². The molecule has 1 aliphatic heterocycles. The number of aliphatic hydroxyl groups excluding tert-OH is 1. The zero-order chi connectivity index (χ0) is 12.3. The fraction of sp³-hybridized carbons (Fsp3) is 0.636. The van der Waals surface area contributed by atoms with Crippen molar-refractivity contribution in [2.24, 2.45) is 0 Å². The van der Waals surface area contributed by atoms with Gasteiger partial charge in [0, 0.05) is 38.6 Å². The van der Waals surface area contributed by atoms with Crippen LogP contribution in [0.1, 0.15) is 12.7 Å². The number of piperazine rings is 1. The fourth-order valence-electron chi connectivity index (χ4n) is 1.99. The lowest BCUT2D eigenvalue weighted by molar-refractivity contribution is -0.141. The fourth-order valence-corrected chi connectivity index (χ4v) is 1.99. The Balaban J connectivity index is 1.80. The van der Waals surface area contributed by atoms with E-state index in [0.29, 0.717) is 13.1 Å². The molecule has 1 aromatic rings. The molecule has 2 rings (SSSR count). The average molecular weight is 238 g/mol. The quantitative estimate of drug-likeness (QED) is 0.740. The predicted octanol–water partition coefficient (Wildman–Crippen LogP) is -0.565. The second-order valence-electron chi connectivity index (χ2n) is 4.31. The van der Waals surface area contributed by atoms with E-state index in [1.165, 1.54) is 6.92 Å². The first-order valence-corrected chi connectivity index (χ1v) is 5.84. The monoisotopic (exact) mass is 238 g/mol. The predicted molar refractivity (Wildman–Crippen MR) is 62.1 cm³/mol. The lowest BCUT2D eigenvalue weighted by Gasteiger charge is -2.34. The van der Waals surface area contributed by atoms with Gasteiger partial charge in [0.05, 0.1) is 6.54 Å². The highest BCUT2D eigenvalue weighted by molar-refractivity contribution is 5.80. The SMILES string of the molecule is CC(O)C(=O)N1CCN(Cc2ncc[nH]2)CC1. The number of amides is 1. The van der Waals surface area contributed by atoms with Crippen molar-refractivity contribution in [3.63, 3.8) is 0 Å². The van der Waals surface area contributed by atoms with Gasteiger partial charge < -0.3 is 15.0 Å². The second-order valence-corrected chi connectivity index (χ2v) is 4.31. The molecular formula is C11H18N4O2. The Bertz CT molecular complexity index is 356. The summed E-state index contributed by atoms with van der Waals surface area (Å²) in [5, 5.41) is 9.23. The number of aromatic nitrogens is 2. The molecule has 0 aromatic carbocycles. The molecule has 2 heterocycles. The first kappa shape index (κ1) is 12.1. The zero-order valence-corrected chi connectivity index (χ0v) is 9.96. The molecule has 0 bridgehead atoms. The van der Waals surface area contributed by atoms with Gasteiger partial charge in [-0.15, -0.1) is 0 Å². The van der Waals surface area contributed by atoms with Crippen LogP contribution >= 0.6 is 0 Å². The number of hydrogen-bond donors (Lipinski definition) is 2. The maximum absolute atomic E-state index is 11.6. The summed E-state index contributed by atoms with van der Waals surface area (Å²) < 4.78 is 0. The normalized spacial score (nSPS) is 19.3. The third-order valence-electron chi connectivity index (χ3n) is 2.97. The van der Waals surface area contributed by atoms with Crippen molar-refractivity contribution >= 4 is 5.91 Å². The van der Waals surface area contributed by atoms with Gasteiger partial charge in [0.25, 0.3) is 5.91 Å². The Kier molecular flexibility index (Phi) is 3.75. The van der Waals surface area contributed by atoms with Crippen molar-refractivity contribution in [3.05, 3.63) is 18.2 Å². The summed E-state index contributed by atoms with van der Waals surface area (Å²) in [5.74, 6) is 0.767. The van der Waals surface area contributed by atoms with Crippen LogP contribution in [-0.2, 0) is 11.3 Å². The molecule has 1 atom stereocenters. The van der Waals surface area contributed by atoms with Crippen LogP contribution in [0.25, 0.3) is 0 Å². The first-order valence-electron chi connectivity index (χ1n) is 5.84. The van der Waals surface area contributed by atoms with E-state index in [0.717, 1.165) is 25.5 Å². The summed E-state index contributed by atoms with van der Waals surface area (Å²) >= 11 is 0. The van der Waals surface area contributed by atoms with Crippen molar-refractivity contribution in [2.75, 3.05) is 26.2 Å². The molecule has 6 nitrogen and oxygen atoms in total. The number of hydrogen-bond acceptors (Lipinski definition) is 4. The van der Waals surface area contributed by atoms with E-state index in [2.05, 4.69) is 14.9 Å². The molecule has 2 N–H and O–H groups in total. The number of nitrogens with one attached hydrogen (secondary N) is 1. The Morgan fingerprint density at radius 2 is 2.24 bits per heavy atom. The van der Waals surface area contributed by atoms with Crippen LogP contribution in [0.3, 0.4) is 0 Å². The minimum absolute atomic E-state index is 0.178. The minimum Gasteiger partial charge on any atom is -0.384 e. The summed E-state index contributed by atoms with van der Waals surface area (Å²) in [6.07, 6.45) is 2.65. The lowest BCUT2D eigenvalue weighted by Crippen LogP contribution is -2.50. The van der Waals surface area contributed by atoms with E-state index in [4.69, 9.17) is 0 Å². The second kappa shape index (κ2) is 5.29. The Labute approximate surface area is 100 Å². The topological polar surface area (TPSA) is 72.5 Å². The summed E-state index contributed by atoms with van der Waals surface area (Å²) in [4.78, 5) is 22.8. The highest BCUT2D eigenvalue weighted by atomic mass is 16.3. The summed E-state index contributed by atoms with van der Waals surface area (Å²) in [6.45, 7) is 5.27. The molecule has 0 aliphatic carbocycles. The van der Waals surface area contributed by atoms with Gasteiger partial charge in [-0.25, -0.2) is 4.98 Å². The van der Waals surface area contributed by atoms with Crippen molar-refractivity contribution in [2.45, 2.75) is 19.6 Å². The van der Waals surface area contributed by atoms with Gasteiger partial charge in [0.1, 0.15) is 11.9 Å². The maximum atomic E-state index is 11.6. The van der Waals surface area contributed by atoms with Gasteiger partial charge in [0.15, 0.2) is 0 Å². The standard InChI is InChI=1S/C11H18N4O2/c1-9(16)11(17)15-6-4-14(5-7-15)8-10-12-2-3-13-10/h2-3,9,16H,4-8H2,1H3,(H,12,13). The van der Waals surface area contributed by atoms with Gasteiger partial charge in [-0.3, -0.25) is 9.69 Å². The van der Waals surface area contributed by atoms with Crippen molar-refractivity contribution < 1.29 is 9.90 Å². The van der Waals surface area contributed by atoms with Gasteiger partial charge in [-0.1, -0.05) is 0 Å². The molecule has 1 saturated heterocycles. The van der Waals surface area contributed by atoms with E-state index in [1.807, 2.05) is 6.20 Å². The highest BCUT2D eigenvalue weighted by Crippen LogP contribution is 2.06. The molecule has 6 heteroatoms. The molecule has 0 spiro atoms. The maximum Gasteiger partial charge on any atom is 0.251 e. The highest BCUT2D eigenvalue weighted by Gasteiger charge is 2.23. The zero-order valence-electron chi connectivity index (χ0n) is 9.96. The average Bonchev–Trinajstić information content (AvgIpc) is 2.82. The lowest BCUT2D eigenvalue weighted by atomic mass is 10.2. The molecule has 1 aliphatic rings. The number of aliphatic hydroxyl groups is 1. The minimum atomic E-state index is -0.897. The molecule has 0 saturated carbocycles. The van der Waals surface area contributed by atoms with Gasteiger partial charge in [-0.2, -0.15) is 0 Å². The molecule has 1 amide bonds. The summed E-state index contributed by atoms with van der Waals surface area (Å²) in [5.41, 5.74) is 0. The van der Waals surface area contributed by atoms with Gasteiger partial charge in [0.2, 0.25) is 0 Å². The smallest absolute Gasteiger partial charge is 0.251 e. The van der Waals surface area contributed by atoms with Crippen LogP contribution in [0.2, 0.25) is 0 Å². The van der Waals surface area contributed by atoms with E-state index in [-0.39, 0.29) is 5.91 Å². The van der Waals surface area contributed by atoms with Crippen molar-refractivity contribution in [1.82, 2.24) is 19.8 Å². The third-order valence-corrected chi connectivity index (χ3v) is 2.97. The number of rotatable bonds is 3. The molecule has 17 heavy (non-hydrogen) atoms. The number of aromatic amines is 1. The molecule has 0 radical (unpaired) electrons. The molecule has 1 unspecified atom stereocenters. The van der Waals surface area contributed by atoms with Crippen LogP contribution in [-0.4, -0.2) is 63.1 Å². The molecular weight excluding hydrogens is 220 g/mol. The van der Waals surface area contributed by atoms with Crippen molar-refractivity contribution in [3.8, 4) is 0 Å². The first-order chi connectivity index (χ1) is 8.16. The molecule has 1 fully saturated rings. The van der Waals surface area contributed by atoms with Crippen LogP contribution < -0.4 is 0 Å². The largest absolute Gasteiger partial charge is 0.384 e. The van der Waals surface area contributed by atoms with Crippen LogP contribution in [0.5, 0.6) is 0 Å². The van der Waals surface area contributed by atoms with Crippen molar-refractivity contribution in [1.29, 1.82) is 0 Å². The Morgan fingerprint density at radius 1 is 1.53 bits per heavy atom. The number of nitrogens with zero attached hydrogens (tertiary/aromatic N) is 3. The Morgan fingerprint density at radius 3 is 2.76 bits per heavy atom. The van der Waals surface area contributed by atoms with Crippen LogP contribution in [0.15, 0.2) is 12.4 Å². The van der Waals surface area contributed by atoms with E-state index in [1.54, 1.807) is 11.1 Å². The summed E-state index contributed by atoms with van der Waals surface area (Å²) in [6, 6.07) is 0. The number of imidazole rings is 1. The van der Waals surface area contributed by atoms with E-state index >= 15 is 0 Å². The van der Waals surface area contributed by atoms with Gasteiger partial charge >= 0.3 is 0 Å². The molecule has 94 valence electrons. The number of carbonyl (C=O) groups excluding carboxylic acids is 1. The summed E-state index contributed by atoms with van der Waals surface area (Å²) in [7, 11) is 0.